The minimum Gasteiger partial charge on any atom is -0.496 e. The molecule has 20 heavy (non-hydrogen) atoms. The van der Waals surface area contributed by atoms with Crippen molar-refractivity contribution in [2.75, 3.05) is 7.11 Å². The van der Waals surface area contributed by atoms with Crippen molar-refractivity contribution in [3.05, 3.63) is 57.7 Å². The number of halogens is 1. The smallest absolute Gasteiger partial charge is 0.241 e. The van der Waals surface area contributed by atoms with Gasteiger partial charge >= 0.3 is 0 Å². The van der Waals surface area contributed by atoms with E-state index in [1.54, 1.807) is 12.1 Å². The molecule has 0 unspecified atom stereocenters. The fourth-order valence-electron chi connectivity index (χ4n) is 1.66. The number of nitrogens with one attached hydrogen (secondary N) is 1. The van der Waals surface area contributed by atoms with Crippen LogP contribution < -0.4 is 9.46 Å². The monoisotopic (exact) mass is 403 g/mol. The molecule has 0 atom stereocenters. The van der Waals surface area contributed by atoms with E-state index < -0.39 is 10.0 Å². The summed E-state index contributed by atoms with van der Waals surface area (Å²) in [6.07, 6.45) is 0. The van der Waals surface area contributed by atoms with E-state index in [0.29, 0.717) is 5.75 Å². The molecule has 0 radical (unpaired) electrons. The normalized spacial score (nSPS) is 11.3. The van der Waals surface area contributed by atoms with Crippen molar-refractivity contribution in [3.8, 4) is 5.75 Å². The maximum absolute atomic E-state index is 12.2. The highest BCUT2D eigenvalue weighted by Gasteiger charge is 2.15. The highest BCUT2D eigenvalue weighted by Crippen LogP contribution is 2.24. The molecule has 1 N–H and O–H groups in total. The first kappa shape index (κ1) is 15.3. The molecule has 2 aromatic carbocycles. The molecule has 2 rings (SSSR count). The molecule has 0 spiro atoms. The molecular weight excluding hydrogens is 389 g/mol. The van der Waals surface area contributed by atoms with Gasteiger partial charge in [0, 0.05) is 12.6 Å². The molecule has 0 aromatic heterocycles. The molecule has 0 heterocycles. The van der Waals surface area contributed by atoms with Gasteiger partial charge in [0.05, 0.1) is 15.6 Å². The van der Waals surface area contributed by atoms with E-state index in [-0.39, 0.29) is 11.4 Å². The van der Waals surface area contributed by atoms with Crippen molar-refractivity contribution in [3.63, 3.8) is 0 Å². The molecule has 106 valence electrons. The predicted octanol–water partition coefficient (Wildman–Crippen LogP) is 2.78. The Morgan fingerprint density at radius 3 is 2.50 bits per heavy atom. The molecule has 4 nitrogen and oxygen atoms in total. The third-order valence-corrected chi connectivity index (χ3v) is 5.03. The molecule has 0 amide bonds. The molecule has 0 saturated carbocycles. The number of methoxy groups -OCH3 is 1. The summed E-state index contributed by atoms with van der Waals surface area (Å²) >= 11 is 2.10. The Kier molecular flexibility index (Phi) is 5.00. The lowest BCUT2D eigenvalue weighted by atomic mass is 10.2. The zero-order valence-electron chi connectivity index (χ0n) is 10.8. The van der Waals surface area contributed by atoms with Crippen molar-refractivity contribution in [1.29, 1.82) is 0 Å². The largest absolute Gasteiger partial charge is 0.496 e. The van der Waals surface area contributed by atoms with E-state index >= 15 is 0 Å². The van der Waals surface area contributed by atoms with Gasteiger partial charge < -0.3 is 4.74 Å². The second-order valence-corrected chi connectivity index (χ2v) is 7.04. The van der Waals surface area contributed by atoms with Gasteiger partial charge in [0.15, 0.2) is 0 Å². The lowest BCUT2D eigenvalue weighted by molar-refractivity contribution is 0.410. The van der Waals surface area contributed by atoms with Gasteiger partial charge in [0.1, 0.15) is 5.75 Å². The molecule has 0 saturated heterocycles. The van der Waals surface area contributed by atoms with E-state index in [1.807, 2.05) is 30.3 Å². The second-order valence-electron chi connectivity index (χ2n) is 4.11. The van der Waals surface area contributed by atoms with Gasteiger partial charge in [-0.15, -0.1) is 0 Å². The van der Waals surface area contributed by atoms with Crippen LogP contribution in [0, 0.1) is 3.57 Å². The van der Waals surface area contributed by atoms with Gasteiger partial charge in [-0.1, -0.05) is 30.3 Å². The summed E-state index contributed by atoms with van der Waals surface area (Å²) in [5.41, 5.74) is 0.911. The number of benzene rings is 2. The van der Waals surface area contributed by atoms with Crippen LogP contribution in [0.3, 0.4) is 0 Å². The summed E-state index contributed by atoms with van der Waals surface area (Å²) < 4.78 is 33.0. The van der Waals surface area contributed by atoms with E-state index in [1.165, 1.54) is 13.2 Å². The van der Waals surface area contributed by atoms with Crippen molar-refractivity contribution < 1.29 is 13.2 Å². The fourth-order valence-corrected chi connectivity index (χ4v) is 3.25. The van der Waals surface area contributed by atoms with Crippen molar-refractivity contribution in [2.45, 2.75) is 11.4 Å². The first-order valence-electron chi connectivity index (χ1n) is 5.90. The molecule has 0 aliphatic rings. The first-order valence-corrected chi connectivity index (χ1v) is 8.46. The second kappa shape index (κ2) is 6.55. The average Bonchev–Trinajstić information content (AvgIpc) is 2.46. The summed E-state index contributed by atoms with van der Waals surface area (Å²) in [6, 6.07) is 14.2. The SMILES string of the molecule is COc1cc(S(=O)(=O)NCc2ccccc2)ccc1I. The van der Waals surface area contributed by atoms with Crippen LogP contribution in [0.2, 0.25) is 0 Å². The Hall–Kier alpha value is -1.12. The number of ether oxygens (including phenoxy) is 1. The average molecular weight is 403 g/mol. The molecule has 0 fully saturated rings. The van der Waals surface area contributed by atoms with Crippen LogP contribution in [0.1, 0.15) is 5.56 Å². The van der Waals surface area contributed by atoms with Gasteiger partial charge in [-0.05, 0) is 40.3 Å². The van der Waals surface area contributed by atoms with Crippen molar-refractivity contribution in [2.24, 2.45) is 0 Å². The maximum atomic E-state index is 12.2. The minimum atomic E-state index is -3.54. The van der Waals surface area contributed by atoms with Gasteiger partial charge in [-0.2, -0.15) is 0 Å². The van der Waals surface area contributed by atoms with Crippen LogP contribution in [-0.2, 0) is 16.6 Å². The number of hydrogen-bond donors (Lipinski definition) is 1. The lowest BCUT2D eigenvalue weighted by Gasteiger charge is -2.09. The quantitative estimate of drug-likeness (QED) is 0.782. The number of rotatable bonds is 5. The molecule has 2 aromatic rings. The van der Waals surface area contributed by atoms with Gasteiger partial charge in [0.25, 0.3) is 0 Å². The standard InChI is InChI=1S/C14H14INO3S/c1-19-14-9-12(7-8-13(14)15)20(17,18)16-10-11-5-3-2-4-6-11/h2-9,16H,10H2,1H3. The summed E-state index contributed by atoms with van der Waals surface area (Å²) in [6.45, 7) is 0.261. The summed E-state index contributed by atoms with van der Waals surface area (Å²) in [7, 11) is -2.02. The summed E-state index contributed by atoms with van der Waals surface area (Å²) in [5, 5.41) is 0. The third kappa shape index (κ3) is 3.71. The van der Waals surface area contributed by atoms with Gasteiger partial charge in [-0.25, -0.2) is 13.1 Å². The summed E-state index contributed by atoms with van der Waals surface area (Å²) in [4.78, 5) is 0.200. The van der Waals surface area contributed by atoms with Gasteiger partial charge in [-0.3, -0.25) is 0 Å². The van der Waals surface area contributed by atoms with Crippen LogP contribution in [0.25, 0.3) is 0 Å². The molecular formula is C14H14INO3S. The molecule has 0 bridgehead atoms. The Balaban J connectivity index is 2.18. The van der Waals surface area contributed by atoms with Crippen LogP contribution in [0.15, 0.2) is 53.4 Å². The Morgan fingerprint density at radius 1 is 1.15 bits per heavy atom. The van der Waals surface area contributed by atoms with Crippen LogP contribution in [0.5, 0.6) is 5.75 Å². The zero-order chi connectivity index (χ0) is 14.6. The van der Waals surface area contributed by atoms with E-state index in [2.05, 4.69) is 27.3 Å². The topological polar surface area (TPSA) is 55.4 Å². The molecule has 6 heteroatoms. The Labute approximate surface area is 132 Å². The molecule has 0 aliphatic heterocycles. The minimum absolute atomic E-state index is 0.200. The van der Waals surface area contributed by atoms with Crippen LogP contribution in [0.4, 0.5) is 0 Å². The maximum Gasteiger partial charge on any atom is 0.241 e. The highest BCUT2D eigenvalue weighted by atomic mass is 127. The van der Waals surface area contributed by atoms with Crippen LogP contribution >= 0.6 is 22.6 Å². The fraction of sp³-hybridized carbons (Fsp3) is 0.143. The van der Waals surface area contributed by atoms with Crippen LogP contribution in [-0.4, -0.2) is 15.5 Å². The number of hydrogen-bond acceptors (Lipinski definition) is 3. The van der Waals surface area contributed by atoms with Crippen molar-refractivity contribution in [1.82, 2.24) is 4.72 Å². The number of sulfonamides is 1. The van der Waals surface area contributed by atoms with Crippen molar-refractivity contribution >= 4 is 32.6 Å². The zero-order valence-corrected chi connectivity index (χ0v) is 13.8. The Bertz CT molecular complexity index is 687. The highest BCUT2D eigenvalue weighted by molar-refractivity contribution is 14.1. The Morgan fingerprint density at radius 2 is 1.85 bits per heavy atom. The first-order chi connectivity index (χ1) is 9.53. The lowest BCUT2D eigenvalue weighted by Crippen LogP contribution is -2.23. The predicted molar refractivity (Wildman–Crippen MR) is 86.2 cm³/mol. The van der Waals surface area contributed by atoms with E-state index in [9.17, 15) is 8.42 Å². The van der Waals surface area contributed by atoms with E-state index in [0.717, 1.165) is 9.13 Å². The van der Waals surface area contributed by atoms with Gasteiger partial charge in [0.2, 0.25) is 10.0 Å². The van der Waals surface area contributed by atoms with E-state index in [4.69, 9.17) is 4.74 Å². The molecule has 0 aliphatic carbocycles. The third-order valence-electron chi connectivity index (χ3n) is 2.74. The summed E-state index contributed by atoms with van der Waals surface area (Å²) in [5.74, 6) is 0.549.